The van der Waals surface area contributed by atoms with Crippen molar-refractivity contribution in [3.8, 4) is 22.6 Å². The number of nitrogens with two attached hydrogens (primary N) is 1. The number of carbonyl (C=O) groups is 2. The van der Waals surface area contributed by atoms with Gasteiger partial charge in [0.05, 0.1) is 0 Å². The number of hydrogen-bond donors (Lipinski definition) is 3. The Hall–Kier alpha value is -3.97. The molecule has 3 rings (SSSR count). The van der Waals surface area contributed by atoms with Crippen molar-refractivity contribution in [3.63, 3.8) is 0 Å². The van der Waals surface area contributed by atoms with Gasteiger partial charge in [0.15, 0.2) is 5.76 Å². The normalized spacial score (nSPS) is 10.6. The summed E-state index contributed by atoms with van der Waals surface area (Å²) in [5, 5.41) is 20.7. The number of rotatable bonds is 7. The number of carboxylic acids is 2. The van der Waals surface area contributed by atoms with Crippen LogP contribution < -0.4 is 5.73 Å². The lowest BCUT2D eigenvalue weighted by Crippen LogP contribution is -2.02. The second-order valence-corrected chi connectivity index (χ2v) is 6.11. The molecule has 0 aliphatic rings. The zero-order valence-electron chi connectivity index (χ0n) is 16.2. The Morgan fingerprint density at radius 1 is 1.07 bits per heavy atom. The van der Waals surface area contributed by atoms with Gasteiger partial charge in [0.25, 0.3) is 0 Å². The van der Waals surface area contributed by atoms with Crippen molar-refractivity contribution in [2.24, 2.45) is 5.73 Å². The Balaban J connectivity index is 0.000000252. The zero-order valence-corrected chi connectivity index (χ0v) is 16.2. The van der Waals surface area contributed by atoms with E-state index in [1.165, 1.54) is 6.08 Å². The molecule has 0 saturated carbocycles. The summed E-state index contributed by atoms with van der Waals surface area (Å²) in [5.41, 5.74) is 9.50. The molecule has 0 saturated heterocycles. The lowest BCUT2D eigenvalue weighted by molar-refractivity contribution is -0.135. The highest BCUT2D eigenvalue weighted by atomic mass is 16.5. The van der Waals surface area contributed by atoms with Crippen molar-refractivity contribution in [1.29, 1.82) is 0 Å². The average molecular weight is 406 g/mol. The van der Waals surface area contributed by atoms with Crippen LogP contribution in [0.15, 0.2) is 89.5 Å². The van der Waals surface area contributed by atoms with Gasteiger partial charge in [-0.25, -0.2) is 9.59 Å². The van der Waals surface area contributed by atoms with Crippen LogP contribution in [0.5, 0.6) is 0 Å². The largest absolute Gasteiger partial charge is 0.478 e. The van der Waals surface area contributed by atoms with Crippen LogP contribution in [0, 0.1) is 0 Å². The van der Waals surface area contributed by atoms with Gasteiger partial charge in [0.2, 0.25) is 0 Å². The van der Waals surface area contributed by atoms with Crippen LogP contribution in [0.1, 0.15) is 12.0 Å². The van der Waals surface area contributed by atoms with Crippen LogP contribution >= 0.6 is 0 Å². The molecule has 2 aromatic carbocycles. The maximum absolute atomic E-state index is 10.2. The third kappa shape index (κ3) is 6.29. The number of hydrogen-bond acceptors (Lipinski definition) is 5. The fourth-order valence-corrected chi connectivity index (χ4v) is 2.60. The van der Waals surface area contributed by atoms with Gasteiger partial charge in [0.1, 0.15) is 5.69 Å². The summed E-state index contributed by atoms with van der Waals surface area (Å²) in [4.78, 5) is 20.3. The van der Waals surface area contributed by atoms with Gasteiger partial charge in [-0.05, 0) is 12.0 Å². The monoisotopic (exact) mass is 406 g/mol. The van der Waals surface area contributed by atoms with Gasteiger partial charge >= 0.3 is 11.9 Å². The Morgan fingerprint density at radius 3 is 2.33 bits per heavy atom. The van der Waals surface area contributed by atoms with E-state index in [2.05, 4.69) is 11.7 Å². The van der Waals surface area contributed by atoms with Crippen molar-refractivity contribution in [2.45, 2.75) is 13.0 Å². The van der Waals surface area contributed by atoms with Crippen LogP contribution in [-0.2, 0) is 16.1 Å². The zero-order chi connectivity index (χ0) is 21.9. The maximum atomic E-state index is 10.2. The van der Waals surface area contributed by atoms with Crippen molar-refractivity contribution in [1.82, 2.24) is 5.16 Å². The average Bonchev–Trinajstić information content (AvgIpc) is 3.24. The van der Waals surface area contributed by atoms with Gasteiger partial charge in [-0.3, -0.25) is 0 Å². The molecule has 7 nitrogen and oxygen atoms in total. The second-order valence-electron chi connectivity index (χ2n) is 6.11. The molecule has 0 radical (unpaired) electrons. The molecule has 3 aromatic rings. The first kappa shape index (κ1) is 22.3. The van der Waals surface area contributed by atoms with Gasteiger partial charge < -0.3 is 20.5 Å². The van der Waals surface area contributed by atoms with E-state index in [-0.39, 0.29) is 12.0 Å². The highest BCUT2D eigenvalue weighted by molar-refractivity contribution is 5.94. The first-order chi connectivity index (χ1) is 14.5. The minimum absolute atomic E-state index is 0.0572. The molecule has 0 unspecified atom stereocenters. The Bertz CT molecular complexity index is 1040. The third-order valence-electron chi connectivity index (χ3n) is 4.02. The standard InChI is InChI=1S/C16H14N2O.C7H8O4/c17-11-13-8-4-5-9-14(13)15-10-16(19-18-15)12-6-2-1-3-7-12;1-2-3-5(7(10)11)4-6(8)9/h1-10H,11,17H2;2,4H,1,3H2,(H,8,9)(H,10,11)/b;5-4+. The summed E-state index contributed by atoms with van der Waals surface area (Å²) in [6.07, 6.45) is 2.05. The van der Waals surface area contributed by atoms with Crippen molar-refractivity contribution in [2.75, 3.05) is 0 Å². The number of benzene rings is 2. The molecule has 154 valence electrons. The van der Waals surface area contributed by atoms with E-state index in [0.29, 0.717) is 12.6 Å². The van der Waals surface area contributed by atoms with Crippen LogP contribution in [0.25, 0.3) is 22.6 Å². The SMILES string of the molecule is C=CC/C(=C\C(=O)O)C(=O)O.NCc1ccccc1-c1cc(-c2ccccc2)on1. The predicted octanol–water partition coefficient (Wildman–Crippen LogP) is 4.13. The Labute approximate surface area is 173 Å². The topological polar surface area (TPSA) is 127 Å². The molecule has 0 spiro atoms. The number of nitrogens with zero attached hydrogens (tertiary/aromatic N) is 1. The maximum Gasteiger partial charge on any atom is 0.332 e. The summed E-state index contributed by atoms with van der Waals surface area (Å²) >= 11 is 0. The van der Waals surface area contributed by atoms with Crippen molar-refractivity contribution < 1.29 is 24.3 Å². The molecule has 4 N–H and O–H groups in total. The number of carboxylic acid groups (broad SMARTS) is 2. The highest BCUT2D eigenvalue weighted by Gasteiger charge is 2.10. The predicted molar refractivity (Wildman–Crippen MR) is 113 cm³/mol. The molecule has 0 aliphatic carbocycles. The molecule has 0 bridgehead atoms. The van der Waals surface area contributed by atoms with E-state index in [0.717, 1.165) is 28.1 Å². The molecule has 0 fully saturated rings. The molecule has 1 aromatic heterocycles. The summed E-state index contributed by atoms with van der Waals surface area (Å²) in [6.45, 7) is 3.78. The molecule has 1 heterocycles. The van der Waals surface area contributed by atoms with Gasteiger partial charge in [-0.15, -0.1) is 6.58 Å². The molecule has 0 aliphatic heterocycles. The van der Waals surface area contributed by atoms with Crippen LogP contribution in [0.4, 0.5) is 0 Å². The minimum Gasteiger partial charge on any atom is -0.478 e. The molecule has 0 atom stereocenters. The lowest BCUT2D eigenvalue weighted by Gasteiger charge is -2.02. The number of aliphatic carboxylic acids is 2. The fraction of sp³-hybridized carbons (Fsp3) is 0.0870. The van der Waals surface area contributed by atoms with Crippen LogP contribution in [0.3, 0.4) is 0 Å². The van der Waals surface area contributed by atoms with Crippen LogP contribution in [0.2, 0.25) is 0 Å². The highest BCUT2D eigenvalue weighted by Crippen LogP contribution is 2.27. The quantitative estimate of drug-likeness (QED) is 0.398. The number of allylic oxidation sites excluding steroid dienone is 1. The van der Waals surface area contributed by atoms with E-state index < -0.39 is 11.9 Å². The lowest BCUT2D eigenvalue weighted by atomic mass is 10.0. The molecular formula is C23H22N2O5. The molecule has 0 amide bonds. The van der Waals surface area contributed by atoms with E-state index in [4.69, 9.17) is 20.5 Å². The summed E-state index contributed by atoms with van der Waals surface area (Å²) < 4.78 is 5.41. The van der Waals surface area contributed by atoms with E-state index in [1.807, 2.05) is 60.7 Å². The number of aromatic nitrogens is 1. The van der Waals surface area contributed by atoms with E-state index >= 15 is 0 Å². The van der Waals surface area contributed by atoms with Crippen LogP contribution in [-0.4, -0.2) is 27.3 Å². The third-order valence-corrected chi connectivity index (χ3v) is 4.02. The molecule has 30 heavy (non-hydrogen) atoms. The first-order valence-corrected chi connectivity index (χ1v) is 9.04. The summed E-state index contributed by atoms with van der Waals surface area (Å²) in [7, 11) is 0. The van der Waals surface area contributed by atoms with Gasteiger partial charge in [0, 0.05) is 35.4 Å². The Kier molecular flexibility index (Phi) is 8.28. The van der Waals surface area contributed by atoms with Crippen molar-refractivity contribution >= 4 is 11.9 Å². The van der Waals surface area contributed by atoms with E-state index in [1.54, 1.807) is 0 Å². The van der Waals surface area contributed by atoms with Gasteiger partial charge in [-0.1, -0.05) is 65.8 Å². The van der Waals surface area contributed by atoms with Crippen molar-refractivity contribution in [3.05, 3.63) is 90.5 Å². The molecular weight excluding hydrogens is 384 g/mol. The van der Waals surface area contributed by atoms with Gasteiger partial charge in [-0.2, -0.15) is 0 Å². The summed E-state index contributed by atoms with van der Waals surface area (Å²) in [6, 6.07) is 19.8. The fourth-order valence-electron chi connectivity index (χ4n) is 2.60. The van der Waals surface area contributed by atoms with E-state index in [9.17, 15) is 9.59 Å². The smallest absolute Gasteiger partial charge is 0.332 e. The second kappa shape index (κ2) is 11.1. The minimum atomic E-state index is -1.26. The summed E-state index contributed by atoms with van der Waals surface area (Å²) in [5.74, 6) is -1.72. The molecule has 7 heteroatoms. The first-order valence-electron chi connectivity index (χ1n) is 9.04. The Morgan fingerprint density at radius 2 is 1.73 bits per heavy atom.